The molecule has 0 saturated carbocycles. The number of rotatable bonds is 4. The van der Waals surface area contributed by atoms with Crippen LogP contribution in [0, 0.1) is 23.7 Å². The fraction of sp³-hybridized carbons (Fsp3) is 0.438. The van der Waals surface area contributed by atoms with E-state index in [-0.39, 0.29) is 11.0 Å². The summed E-state index contributed by atoms with van der Waals surface area (Å²) >= 11 is 0. The quantitative estimate of drug-likeness (QED) is 0.857. The first kappa shape index (κ1) is 14.3. The second-order valence-electron chi connectivity index (χ2n) is 5.74. The Bertz CT molecular complexity index is 723. The third kappa shape index (κ3) is 2.88. The van der Waals surface area contributed by atoms with E-state index in [1.165, 1.54) is 0 Å². The predicted octanol–water partition coefficient (Wildman–Crippen LogP) is 3.03. The van der Waals surface area contributed by atoms with Gasteiger partial charge in [0.2, 0.25) is 0 Å². The number of fused-ring (bicyclic) bond motifs is 1. The van der Waals surface area contributed by atoms with Crippen LogP contribution in [0.25, 0.3) is 11.0 Å². The molecule has 20 heavy (non-hydrogen) atoms. The van der Waals surface area contributed by atoms with E-state index >= 15 is 0 Å². The molecule has 0 aliphatic heterocycles. The van der Waals surface area contributed by atoms with Crippen molar-refractivity contribution in [3.05, 3.63) is 40.3 Å². The summed E-state index contributed by atoms with van der Waals surface area (Å²) in [5, 5.41) is 9.03. The highest BCUT2D eigenvalue weighted by atomic mass is 16.1. The molecule has 1 aromatic heterocycles. The smallest absolute Gasteiger partial charge is 0.272 e. The Kier molecular flexibility index (Phi) is 3.89. The van der Waals surface area contributed by atoms with Crippen molar-refractivity contribution in [2.45, 2.75) is 40.2 Å². The zero-order valence-electron chi connectivity index (χ0n) is 12.2. The van der Waals surface area contributed by atoms with Crippen molar-refractivity contribution in [2.24, 2.45) is 5.41 Å². The van der Waals surface area contributed by atoms with E-state index in [1.54, 1.807) is 11.5 Å². The van der Waals surface area contributed by atoms with Crippen LogP contribution in [0.15, 0.2) is 29.1 Å². The summed E-state index contributed by atoms with van der Waals surface area (Å²) in [6.07, 6.45) is 1.57. The normalized spacial score (nSPS) is 11.5. The maximum atomic E-state index is 12.2. The first-order chi connectivity index (χ1) is 9.44. The van der Waals surface area contributed by atoms with Crippen LogP contribution in [0.5, 0.6) is 0 Å². The van der Waals surface area contributed by atoms with Gasteiger partial charge < -0.3 is 4.57 Å². The third-order valence-corrected chi connectivity index (χ3v) is 3.50. The highest BCUT2D eigenvalue weighted by molar-refractivity contribution is 5.74. The number of aryl methyl sites for hydroxylation is 2. The maximum Gasteiger partial charge on any atom is 0.272 e. The summed E-state index contributed by atoms with van der Waals surface area (Å²) in [6, 6.07) is 9.95. The van der Waals surface area contributed by atoms with E-state index in [1.807, 2.05) is 38.1 Å². The lowest BCUT2D eigenvalue weighted by Crippen LogP contribution is -2.24. The maximum absolute atomic E-state index is 12.2. The summed E-state index contributed by atoms with van der Waals surface area (Å²) in [5.74, 6) is 0. The van der Waals surface area contributed by atoms with Crippen molar-refractivity contribution >= 4 is 11.0 Å². The van der Waals surface area contributed by atoms with Gasteiger partial charge in [-0.2, -0.15) is 5.26 Å². The molecule has 4 nitrogen and oxygen atoms in total. The topological polar surface area (TPSA) is 58.7 Å². The van der Waals surface area contributed by atoms with Gasteiger partial charge in [-0.3, -0.25) is 4.79 Å². The molecule has 4 heteroatoms. The van der Waals surface area contributed by atoms with Crippen LogP contribution in [0.4, 0.5) is 0 Å². The van der Waals surface area contributed by atoms with Gasteiger partial charge in [-0.25, -0.2) is 4.98 Å². The van der Waals surface area contributed by atoms with Crippen molar-refractivity contribution in [1.82, 2.24) is 9.55 Å². The van der Waals surface area contributed by atoms with Gasteiger partial charge in [0.1, 0.15) is 5.69 Å². The van der Waals surface area contributed by atoms with Crippen molar-refractivity contribution in [2.75, 3.05) is 0 Å². The minimum Gasteiger partial charge on any atom is -0.305 e. The average Bonchev–Trinajstić information content (AvgIpc) is 2.43. The SMILES string of the molecule is Cc1nc2ccccc2n(CCCC(C)(C)C#N)c1=O. The lowest BCUT2D eigenvalue weighted by atomic mass is 9.90. The van der Waals surface area contributed by atoms with Gasteiger partial charge in [0.25, 0.3) is 5.56 Å². The Morgan fingerprint density at radius 3 is 2.75 bits per heavy atom. The fourth-order valence-electron chi connectivity index (χ4n) is 2.28. The van der Waals surface area contributed by atoms with E-state index in [0.29, 0.717) is 12.2 Å². The van der Waals surface area contributed by atoms with Gasteiger partial charge >= 0.3 is 0 Å². The average molecular weight is 269 g/mol. The van der Waals surface area contributed by atoms with Gasteiger partial charge in [0.15, 0.2) is 0 Å². The second kappa shape index (κ2) is 5.46. The summed E-state index contributed by atoms with van der Waals surface area (Å²) in [4.78, 5) is 16.6. The van der Waals surface area contributed by atoms with Gasteiger partial charge in [0, 0.05) is 6.54 Å². The molecule has 0 saturated heterocycles. The Morgan fingerprint density at radius 2 is 2.05 bits per heavy atom. The molecule has 0 amide bonds. The first-order valence-electron chi connectivity index (χ1n) is 6.82. The fourth-order valence-corrected chi connectivity index (χ4v) is 2.28. The van der Waals surface area contributed by atoms with Crippen LogP contribution < -0.4 is 5.56 Å². The third-order valence-electron chi connectivity index (χ3n) is 3.50. The molecule has 0 N–H and O–H groups in total. The van der Waals surface area contributed by atoms with E-state index in [9.17, 15) is 4.79 Å². The van der Waals surface area contributed by atoms with Crippen molar-refractivity contribution < 1.29 is 0 Å². The van der Waals surface area contributed by atoms with Gasteiger partial charge in [-0.1, -0.05) is 12.1 Å². The van der Waals surface area contributed by atoms with Crippen molar-refractivity contribution in [3.8, 4) is 6.07 Å². The molecule has 0 aliphatic carbocycles. The van der Waals surface area contributed by atoms with Crippen molar-refractivity contribution in [3.63, 3.8) is 0 Å². The van der Waals surface area contributed by atoms with Gasteiger partial charge in [-0.05, 0) is 45.7 Å². The molecule has 2 aromatic rings. The first-order valence-corrected chi connectivity index (χ1v) is 6.82. The zero-order valence-corrected chi connectivity index (χ0v) is 12.2. The number of para-hydroxylation sites is 2. The summed E-state index contributed by atoms with van der Waals surface area (Å²) in [5.41, 5.74) is 1.82. The van der Waals surface area contributed by atoms with Crippen LogP contribution >= 0.6 is 0 Å². The van der Waals surface area contributed by atoms with Crippen LogP contribution in [0.1, 0.15) is 32.4 Å². The lowest BCUT2D eigenvalue weighted by molar-refractivity contribution is 0.415. The van der Waals surface area contributed by atoms with Crippen LogP contribution in [-0.4, -0.2) is 9.55 Å². The lowest BCUT2D eigenvalue weighted by Gasteiger charge is -2.16. The number of hydrogen-bond donors (Lipinski definition) is 0. The van der Waals surface area contributed by atoms with Crippen LogP contribution in [-0.2, 0) is 6.54 Å². The van der Waals surface area contributed by atoms with Gasteiger partial charge in [-0.15, -0.1) is 0 Å². The Balaban J connectivity index is 2.32. The molecule has 0 unspecified atom stereocenters. The Hall–Kier alpha value is -2.15. The molecule has 1 aromatic carbocycles. The van der Waals surface area contributed by atoms with E-state index in [0.717, 1.165) is 23.9 Å². The molecular weight excluding hydrogens is 250 g/mol. The minimum atomic E-state index is -0.346. The number of benzene rings is 1. The van der Waals surface area contributed by atoms with Gasteiger partial charge in [0.05, 0.1) is 22.5 Å². The number of nitriles is 1. The van der Waals surface area contributed by atoms with Crippen LogP contribution in [0.3, 0.4) is 0 Å². The van der Waals surface area contributed by atoms with Crippen LogP contribution in [0.2, 0.25) is 0 Å². The monoisotopic (exact) mass is 269 g/mol. The molecule has 104 valence electrons. The highest BCUT2D eigenvalue weighted by Gasteiger charge is 2.16. The summed E-state index contributed by atoms with van der Waals surface area (Å²) in [6.45, 7) is 6.20. The van der Waals surface area contributed by atoms with E-state index in [4.69, 9.17) is 5.26 Å². The predicted molar refractivity (Wildman–Crippen MR) is 79.4 cm³/mol. The highest BCUT2D eigenvalue weighted by Crippen LogP contribution is 2.21. The number of nitrogens with zero attached hydrogens (tertiary/aromatic N) is 3. The molecular formula is C16H19N3O. The Morgan fingerprint density at radius 1 is 1.35 bits per heavy atom. The van der Waals surface area contributed by atoms with Crippen molar-refractivity contribution in [1.29, 1.82) is 5.26 Å². The number of hydrogen-bond acceptors (Lipinski definition) is 3. The molecule has 1 heterocycles. The summed E-state index contributed by atoms with van der Waals surface area (Å²) in [7, 11) is 0. The molecule has 0 spiro atoms. The molecule has 2 rings (SSSR count). The second-order valence-corrected chi connectivity index (χ2v) is 5.74. The summed E-state index contributed by atoms with van der Waals surface area (Å²) < 4.78 is 1.77. The number of aromatic nitrogens is 2. The molecule has 0 bridgehead atoms. The molecule has 0 fully saturated rings. The minimum absolute atomic E-state index is 0.0431. The van der Waals surface area contributed by atoms with E-state index in [2.05, 4.69) is 11.1 Å². The molecule has 0 atom stereocenters. The molecule has 0 aliphatic rings. The standard InChI is InChI=1S/C16H19N3O/c1-12-15(20)19(10-6-9-16(2,3)11-17)14-8-5-4-7-13(14)18-12/h4-5,7-8H,6,9-10H2,1-3H3. The largest absolute Gasteiger partial charge is 0.305 e. The zero-order chi connectivity index (χ0) is 14.8. The Labute approximate surface area is 118 Å². The molecule has 0 radical (unpaired) electrons. The van der Waals surface area contributed by atoms with E-state index < -0.39 is 0 Å².